The van der Waals surface area contributed by atoms with E-state index in [1.165, 1.54) is 12.1 Å². The van der Waals surface area contributed by atoms with Crippen LogP contribution in [-0.2, 0) is 0 Å². The van der Waals surface area contributed by atoms with Crippen molar-refractivity contribution in [2.75, 3.05) is 13.2 Å². The molecule has 5 heteroatoms. The molecule has 0 bridgehead atoms. The van der Waals surface area contributed by atoms with Gasteiger partial charge >= 0.3 is 0 Å². The lowest BCUT2D eigenvalue weighted by Gasteiger charge is -2.14. The van der Waals surface area contributed by atoms with Crippen LogP contribution < -0.4 is 9.47 Å². The van der Waals surface area contributed by atoms with Gasteiger partial charge in [0.05, 0.1) is 5.56 Å². The van der Waals surface area contributed by atoms with Crippen molar-refractivity contribution in [3.63, 3.8) is 0 Å². The lowest BCUT2D eigenvalue weighted by Crippen LogP contribution is -2.25. The molecule has 0 aromatic heterocycles. The molecule has 0 fully saturated rings. The molecular weight excluding hydrogens is 356 g/mol. The Kier molecular flexibility index (Phi) is 6.29. The zero-order valence-electron chi connectivity index (χ0n) is 15.5. The van der Waals surface area contributed by atoms with Gasteiger partial charge in [0.1, 0.15) is 36.6 Å². The molecule has 3 aromatic rings. The fraction of sp³-hybridized carbons (Fsp3) is 0.174. The third kappa shape index (κ3) is 5.11. The summed E-state index contributed by atoms with van der Waals surface area (Å²) in [4.78, 5) is 12.4. The Morgan fingerprint density at radius 2 is 1.57 bits per heavy atom. The van der Waals surface area contributed by atoms with E-state index in [1.54, 1.807) is 30.3 Å². The maximum absolute atomic E-state index is 12.4. The minimum Gasteiger partial charge on any atom is -0.507 e. The minimum absolute atomic E-state index is 0.00274. The van der Waals surface area contributed by atoms with Crippen molar-refractivity contribution >= 4 is 5.78 Å². The molecule has 3 rings (SSSR count). The number of phenolic OH excluding ortho intramolecular Hbond substituents is 1. The normalized spacial score (nSPS) is 11.6. The molecule has 0 spiro atoms. The van der Waals surface area contributed by atoms with Crippen LogP contribution in [0, 0.1) is 6.92 Å². The number of ketones is 1. The highest BCUT2D eigenvalue weighted by atomic mass is 16.5. The number of hydrogen-bond acceptors (Lipinski definition) is 5. The van der Waals surface area contributed by atoms with Crippen LogP contribution in [0.25, 0.3) is 0 Å². The maximum Gasteiger partial charge on any atom is 0.196 e. The molecule has 28 heavy (non-hydrogen) atoms. The number of carbonyl (C=O) groups excluding carboxylic acids is 1. The van der Waals surface area contributed by atoms with Gasteiger partial charge in [0.15, 0.2) is 5.78 Å². The Morgan fingerprint density at radius 1 is 0.893 bits per heavy atom. The lowest BCUT2D eigenvalue weighted by molar-refractivity contribution is 0.0625. The summed E-state index contributed by atoms with van der Waals surface area (Å²) in [7, 11) is 0. The molecule has 0 aliphatic rings. The number of aliphatic hydroxyl groups excluding tert-OH is 1. The first kappa shape index (κ1) is 19.5. The van der Waals surface area contributed by atoms with E-state index in [4.69, 9.17) is 9.47 Å². The molecule has 0 saturated carbocycles. The van der Waals surface area contributed by atoms with Gasteiger partial charge in [-0.2, -0.15) is 0 Å². The molecule has 0 aliphatic carbocycles. The van der Waals surface area contributed by atoms with E-state index in [1.807, 2.05) is 37.3 Å². The second kappa shape index (κ2) is 9.06. The summed E-state index contributed by atoms with van der Waals surface area (Å²) in [5, 5.41) is 20.2. The molecule has 0 radical (unpaired) electrons. The Morgan fingerprint density at radius 3 is 2.21 bits per heavy atom. The predicted molar refractivity (Wildman–Crippen MR) is 106 cm³/mol. The largest absolute Gasteiger partial charge is 0.507 e. The Balaban J connectivity index is 1.55. The van der Waals surface area contributed by atoms with Crippen LogP contribution in [0.15, 0.2) is 72.8 Å². The van der Waals surface area contributed by atoms with E-state index in [9.17, 15) is 15.0 Å². The predicted octanol–water partition coefficient (Wildman–Crippen LogP) is 3.75. The third-order valence-corrected chi connectivity index (χ3v) is 4.12. The molecule has 0 saturated heterocycles. The van der Waals surface area contributed by atoms with Crippen molar-refractivity contribution in [1.82, 2.24) is 0 Å². The number of aliphatic hydroxyl groups is 1. The van der Waals surface area contributed by atoms with Gasteiger partial charge in [-0.1, -0.05) is 42.5 Å². The van der Waals surface area contributed by atoms with Gasteiger partial charge in [0.25, 0.3) is 0 Å². The lowest BCUT2D eigenvalue weighted by atomic mass is 10.0. The summed E-state index contributed by atoms with van der Waals surface area (Å²) in [5.41, 5.74) is 1.76. The molecule has 2 N–H and O–H groups in total. The number of aromatic hydroxyl groups is 1. The van der Waals surface area contributed by atoms with Crippen molar-refractivity contribution in [2.45, 2.75) is 13.0 Å². The number of rotatable bonds is 8. The quantitative estimate of drug-likeness (QED) is 0.584. The van der Waals surface area contributed by atoms with E-state index in [0.717, 1.165) is 5.56 Å². The third-order valence-electron chi connectivity index (χ3n) is 4.12. The SMILES string of the molecule is Cc1cccc(OCC(O)COc2ccc(C(=O)c3ccccc3)c(O)c2)c1. The summed E-state index contributed by atoms with van der Waals surface area (Å²) < 4.78 is 11.0. The molecule has 1 unspecified atom stereocenters. The number of carbonyl (C=O) groups is 1. The minimum atomic E-state index is -0.840. The summed E-state index contributed by atoms with van der Waals surface area (Å²) >= 11 is 0. The average Bonchev–Trinajstić information content (AvgIpc) is 2.71. The Hall–Kier alpha value is -3.31. The van der Waals surface area contributed by atoms with Crippen LogP contribution >= 0.6 is 0 Å². The molecule has 3 aromatic carbocycles. The summed E-state index contributed by atoms with van der Waals surface area (Å²) in [5.74, 6) is 0.602. The van der Waals surface area contributed by atoms with Gasteiger partial charge in [-0.05, 0) is 36.8 Å². The van der Waals surface area contributed by atoms with Crippen LogP contribution in [0.2, 0.25) is 0 Å². The number of aryl methyl sites for hydroxylation is 1. The van der Waals surface area contributed by atoms with Crippen LogP contribution in [0.1, 0.15) is 21.5 Å². The van der Waals surface area contributed by atoms with Gasteiger partial charge in [-0.15, -0.1) is 0 Å². The first-order valence-corrected chi connectivity index (χ1v) is 8.96. The van der Waals surface area contributed by atoms with E-state index >= 15 is 0 Å². The number of benzene rings is 3. The van der Waals surface area contributed by atoms with Crippen molar-refractivity contribution in [3.8, 4) is 17.2 Å². The summed E-state index contributed by atoms with van der Waals surface area (Å²) in [6, 6.07) is 20.7. The van der Waals surface area contributed by atoms with Crippen LogP contribution in [0.4, 0.5) is 0 Å². The van der Waals surface area contributed by atoms with Crippen molar-refractivity contribution in [1.29, 1.82) is 0 Å². The van der Waals surface area contributed by atoms with E-state index in [2.05, 4.69) is 0 Å². The highest BCUT2D eigenvalue weighted by Gasteiger charge is 2.14. The first-order chi connectivity index (χ1) is 13.5. The Labute approximate surface area is 163 Å². The summed E-state index contributed by atoms with van der Waals surface area (Å²) in [6.45, 7) is 2.04. The zero-order valence-corrected chi connectivity index (χ0v) is 15.5. The smallest absolute Gasteiger partial charge is 0.196 e. The van der Waals surface area contributed by atoms with E-state index in [-0.39, 0.29) is 30.3 Å². The summed E-state index contributed by atoms with van der Waals surface area (Å²) in [6.07, 6.45) is -0.840. The van der Waals surface area contributed by atoms with Crippen molar-refractivity contribution in [2.24, 2.45) is 0 Å². The average molecular weight is 378 g/mol. The molecule has 5 nitrogen and oxygen atoms in total. The second-order valence-electron chi connectivity index (χ2n) is 6.47. The molecule has 0 amide bonds. The highest BCUT2D eigenvalue weighted by molar-refractivity contribution is 6.10. The van der Waals surface area contributed by atoms with Gasteiger partial charge < -0.3 is 19.7 Å². The van der Waals surface area contributed by atoms with Gasteiger partial charge in [-0.25, -0.2) is 0 Å². The second-order valence-corrected chi connectivity index (χ2v) is 6.47. The van der Waals surface area contributed by atoms with Crippen LogP contribution in [0.3, 0.4) is 0 Å². The Bertz CT molecular complexity index is 937. The first-order valence-electron chi connectivity index (χ1n) is 8.96. The van der Waals surface area contributed by atoms with Gasteiger partial charge in [0, 0.05) is 11.6 Å². The molecule has 1 atom stereocenters. The number of phenols is 1. The molecule has 0 heterocycles. The zero-order chi connectivity index (χ0) is 19.9. The van der Waals surface area contributed by atoms with Gasteiger partial charge in [0.2, 0.25) is 0 Å². The van der Waals surface area contributed by atoms with E-state index < -0.39 is 6.10 Å². The monoisotopic (exact) mass is 378 g/mol. The molecule has 0 aliphatic heterocycles. The molecular formula is C23H22O5. The maximum atomic E-state index is 12.4. The van der Waals surface area contributed by atoms with Gasteiger partial charge in [-0.3, -0.25) is 4.79 Å². The van der Waals surface area contributed by atoms with Crippen LogP contribution in [-0.4, -0.2) is 35.3 Å². The standard InChI is InChI=1S/C23H22O5/c1-16-6-5-9-19(12-16)27-14-18(24)15-28-20-10-11-21(22(25)13-20)23(26)17-7-3-2-4-8-17/h2-13,18,24-25H,14-15H2,1H3. The van der Waals surface area contributed by atoms with E-state index in [0.29, 0.717) is 17.1 Å². The number of ether oxygens (including phenoxy) is 2. The fourth-order valence-corrected chi connectivity index (χ4v) is 2.68. The van der Waals surface area contributed by atoms with Crippen molar-refractivity contribution in [3.05, 3.63) is 89.5 Å². The topological polar surface area (TPSA) is 76.0 Å². The number of hydrogen-bond donors (Lipinski definition) is 2. The highest BCUT2D eigenvalue weighted by Crippen LogP contribution is 2.26. The van der Waals surface area contributed by atoms with Crippen LogP contribution in [0.5, 0.6) is 17.2 Å². The molecule has 144 valence electrons. The fourth-order valence-electron chi connectivity index (χ4n) is 2.68. The van der Waals surface area contributed by atoms with Crippen molar-refractivity contribution < 1.29 is 24.5 Å².